The number of aromatic nitrogens is 1. The van der Waals surface area contributed by atoms with Crippen molar-refractivity contribution in [3.05, 3.63) is 83.6 Å². The van der Waals surface area contributed by atoms with E-state index in [4.69, 9.17) is 10.00 Å². The molecule has 0 saturated heterocycles. The van der Waals surface area contributed by atoms with Crippen LogP contribution in [0.2, 0.25) is 0 Å². The molecule has 182 valence electrons. The first-order chi connectivity index (χ1) is 17.2. The number of fused-ring (bicyclic) bond motifs is 2. The summed E-state index contributed by atoms with van der Waals surface area (Å²) >= 11 is 0. The fourth-order valence-corrected chi connectivity index (χ4v) is 5.06. The van der Waals surface area contributed by atoms with Crippen molar-refractivity contribution >= 4 is 28.4 Å². The van der Waals surface area contributed by atoms with Crippen LogP contribution in [0.5, 0.6) is 0 Å². The number of nitrogens with one attached hydrogen (secondary N) is 3. The molecule has 3 aromatic carbocycles. The zero-order valence-electron chi connectivity index (χ0n) is 19.9. The lowest BCUT2D eigenvalue weighted by molar-refractivity contribution is 0.0561. The molecule has 3 N–H and O–H groups in total. The molecule has 5 rings (SSSR count). The van der Waals surface area contributed by atoms with Gasteiger partial charge in [-0.2, -0.15) is 5.26 Å². The number of carbonyl (C=O) groups excluding carboxylic acids is 1. The van der Waals surface area contributed by atoms with E-state index < -0.39 is 35.3 Å². The molecular formula is C28H24F2N4O2. The first-order valence-electron chi connectivity index (χ1n) is 11.5. The Labute approximate surface area is 206 Å². The minimum atomic E-state index is -0.811. The first kappa shape index (κ1) is 23.4. The van der Waals surface area contributed by atoms with Crippen LogP contribution in [0.3, 0.4) is 0 Å². The molecule has 2 heterocycles. The molecule has 1 aliphatic heterocycles. The summed E-state index contributed by atoms with van der Waals surface area (Å²) < 4.78 is 37.2. The number of carbonyl (C=O) groups is 1. The molecule has 0 bridgehead atoms. The highest BCUT2D eigenvalue weighted by Crippen LogP contribution is 2.46. The second kappa shape index (κ2) is 8.68. The van der Waals surface area contributed by atoms with Crippen LogP contribution in [-0.2, 0) is 4.74 Å². The SMILES string of the molecule is C[C@@H]1c2c(cc(F)c(-c3cccc4cc[nH]c34)c2F)NC(C)(C)[C@H]1OC(=O)Nc1ccc(C#N)cc1. The highest BCUT2D eigenvalue weighted by atomic mass is 19.1. The number of H-pyrrole nitrogens is 1. The summed E-state index contributed by atoms with van der Waals surface area (Å²) in [6, 6.07) is 16.8. The molecule has 0 aliphatic carbocycles. The van der Waals surface area contributed by atoms with E-state index in [1.165, 1.54) is 6.07 Å². The molecule has 4 aromatic rings. The summed E-state index contributed by atoms with van der Waals surface area (Å²) in [4.78, 5) is 15.8. The molecule has 0 fully saturated rings. The Hall–Kier alpha value is -4.38. The number of para-hydroxylation sites is 1. The molecule has 0 saturated carbocycles. The molecule has 8 heteroatoms. The number of hydrogen-bond donors (Lipinski definition) is 3. The van der Waals surface area contributed by atoms with Crippen LogP contribution in [0, 0.1) is 23.0 Å². The van der Waals surface area contributed by atoms with Gasteiger partial charge >= 0.3 is 6.09 Å². The average molecular weight is 487 g/mol. The van der Waals surface area contributed by atoms with Gasteiger partial charge in [0.1, 0.15) is 17.7 Å². The maximum Gasteiger partial charge on any atom is 0.411 e. The van der Waals surface area contributed by atoms with E-state index in [0.717, 1.165) is 5.39 Å². The Morgan fingerprint density at radius 1 is 1.14 bits per heavy atom. The van der Waals surface area contributed by atoms with Gasteiger partial charge in [0.25, 0.3) is 0 Å². The van der Waals surface area contributed by atoms with Crippen molar-refractivity contribution < 1.29 is 18.3 Å². The van der Waals surface area contributed by atoms with E-state index >= 15 is 8.78 Å². The Kier molecular flexibility index (Phi) is 5.64. The normalized spacial score (nSPS) is 18.1. The van der Waals surface area contributed by atoms with E-state index in [9.17, 15) is 4.79 Å². The molecule has 0 radical (unpaired) electrons. The zero-order valence-corrected chi connectivity index (χ0v) is 19.9. The van der Waals surface area contributed by atoms with Gasteiger partial charge in [-0.3, -0.25) is 5.32 Å². The predicted molar refractivity (Wildman–Crippen MR) is 135 cm³/mol. The predicted octanol–water partition coefficient (Wildman–Crippen LogP) is 6.91. The summed E-state index contributed by atoms with van der Waals surface area (Å²) in [7, 11) is 0. The van der Waals surface area contributed by atoms with Crippen molar-refractivity contribution in [2.45, 2.75) is 38.3 Å². The second-order valence-electron chi connectivity index (χ2n) is 9.53. The largest absolute Gasteiger partial charge is 0.443 e. The Morgan fingerprint density at radius 3 is 2.61 bits per heavy atom. The summed E-state index contributed by atoms with van der Waals surface area (Å²) in [5, 5.41) is 15.6. The van der Waals surface area contributed by atoms with Gasteiger partial charge in [0, 0.05) is 34.6 Å². The molecule has 0 unspecified atom stereocenters. The Bertz CT molecular complexity index is 1520. The zero-order chi connectivity index (χ0) is 25.6. The third-order valence-corrected chi connectivity index (χ3v) is 6.68. The van der Waals surface area contributed by atoms with Crippen molar-refractivity contribution in [1.29, 1.82) is 5.26 Å². The smallest absolute Gasteiger partial charge is 0.411 e. The molecule has 1 amide bonds. The summed E-state index contributed by atoms with van der Waals surface area (Å²) in [6.45, 7) is 5.39. The minimum absolute atomic E-state index is 0.129. The fourth-order valence-electron chi connectivity index (χ4n) is 5.06. The number of halogens is 2. The van der Waals surface area contributed by atoms with Gasteiger partial charge in [-0.05, 0) is 55.6 Å². The van der Waals surface area contributed by atoms with E-state index in [2.05, 4.69) is 15.6 Å². The van der Waals surface area contributed by atoms with Crippen molar-refractivity contribution in [2.75, 3.05) is 10.6 Å². The van der Waals surface area contributed by atoms with Crippen LogP contribution in [0.1, 0.15) is 37.8 Å². The number of amides is 1. The number of nitriles is 1. The molecule has 36 heavy (non-hydrogen) atoms. The van der Waals surface area contributed by atoms with E-state index in [1.54, 1.807) is 49.5 Å². The molecular weight excluding hydrogens is 462 g/mol. The molecule has 6 nitrogen and oxygen atoms in total. The van der Waals surface area contributed by atoms with E-state index in [1.807, 2.05) is 32.0 Å². The number of aromatic amines is 1. The van der Waals surface area contributed by atoms with Gasteiger partial charge in [-0.15, -0.1) is 0 Å². The van der Waals surface area contributed by atoms with E-state index in [0.29, 0.717) is 28.0 Å². The van der Waals surface area contributed by atoms with Crippen molar-refractivity contribution in [2.24, 2.45) is 0 Å². The number of rotatable bonds is 3. The van der Waals surface area contributed by atoms with Crippen molar-refractivity contribution in [1.82, 2.24) is 4.98 Å². The average Bonchev–Trinajstić information content (AvgIpc) is 3.31. The van der Waals surface area contributed by atoms with Crippen LogP contribution in [0.25, 0.3) is 22.0 Å². The van der Waals surface area contributed by atoms with Gasteiger partial charge in [0.2, 0.25) is 0 Å². The third-order valence-electron chi connectivity index (χ3n) is 6.68. The fraction of sp³-hybridized carbons (Fsp3) is 0.214. The number of nitrogens with zero attached hydrogens (tertiary/aromatic N) is 1. The lowest BCUT2D eigenvalue weighted by Crippen LogP contribution is -2.52. The Morgan fingerprint density at radius 2 is 1.89 bits per heavy atom. The quantitative estimate of drug-likeness (QED) is 0.294. The number of anilines is 2. The molecule has 1 aliphatic rings. The maximum atomic E-state index is 16.1. The van der Waals surface area contributed by atoms with Crippen LogP contribution >= 0.6 is 0 Å². The van der Waals surface area contributed by atoms with Gasteiger partial charge < -0.3 is 15.0 Å². The summed E-state index contributed by atoms with van der Waals surface area (Å²) in [6.07, 6.45) is 0.247. The molecule has 0 spiro atoms. The number of ether oxygens (including phenoxy) is 1. The number of hydrogen-bond acceptors (Lipinski definition) is 4. The van der Waals surface area contributed by atoms with E-state index in [-0.39, 0.29) is 11.1 Å². The van der Waals surface area contributed by atoms with Crippen LogP contribution < -0.4 is 10.6 Å². The summed E-state index contributed by atoms with van der Waals surface area (Å²) in [5.74, 6) is -1.95. The topological polar surface area (TPSA) is 89.9 Å². The monoisotopic (exact) mass is 486 g/mol. The standard InChI is InChI=1S/C28H24F2N4O2/c1-15-22-21(13-20(29)23(24(22)30)19-6-4-5-17-11-12-32-25(17)19)34-28(2,3)26(15)36-27(35)33-18-9-7-16(14-31)8-10-18/h4-13,15,26,32,34H,1-3H3,(H,33,35)/t15-,26+/m1/s1. The van der Waals surface area contributed by atoms with Gasteiger partial charge in [0.15, 0.2) is 0 Å². The first-order valence-corrected chi connectivity index (χ1v) is 11.5. The van der Waals surface area contributed by atoms with Gasteiger partial charge in [0.05, 0.1) is 28.3 Å². The number of benzene rings is 3. The van der Waals surface area contributed by atoms with Crippen LogP contribution in [-0.4, -0.2) is 22.7 Å². The Balaban J connectivity index is 1.50. The maximum absolute atomic E-state index is 16.1. The van der Waals surface area contributed by atoms with Gasteiger partial charge in [-0.1, -0.05) is 25.1 Å². The second-order valence-corrected chi connectivity index (χ2v) is 9.53. The highest BCUT2D eigenvalue weighted by Gasteiger charge is 2.45. The highest BCUT2D eigenvalue weighted by molar-refractivity contribution is 5.95. The van der Waals surface area contributed by atoms with Gasteiger partial charge in [-0.25, -0.2) is 13.6 Å². The molecule has 2 atom stereocenters. The lowest BCUT2D eigenvalue weighted by Gasteiger charge is -2.44. The summed E-state index contributed by atoms with van der Waals surface area (Å²) in [5.41, 5.74) is 1.63. The lowest BCUT2D eigenvalue weighted by atomic mass is 9.77. The third kappa shape index (κ3) is 3.93. The van der Waals surface area contributed by atoms with Crippen molar-refractivity contribution in [3.63, 3.8) is 0 Å². The minimum Gasteiger partial charge on any atom is -0.443 e. The molecule has 1 aromatic heterocycles. The van der Waals surface area contributed by atoms with Crippen LogP contribution in [0.15, 0.2) is 60.8 Å². The van der Waals surface area contributed by atoms with Crippen LogP contribution in [0.4, 0.5) is 25.0 Å². The van der Waals surface area contributed by atoms with Crippen molar-refractivity contribution in [3.8, 4) is 17.2 Å².